The number of ether oxygens (including phenoxy) is 3. The van der Waals surface area contributed by atoms with Gasteiger partial charge in [0.1, 0.15) is 35.7 Å². The number of hydrogen-bond acceptors (Lipinski definition) is 8. The number of hydrogen-bond donors (Lipinski definition) is 1. The van der Waals surface area contributed by atoms with Gasteiger partial charge in [-0.05, 0) is 69.7 Å². The van der Waals surface area contributed by atoms with Crippen molar-refractivity contribution >= 4 is 17.4 Å². The lowest BCUT2D eigenvalue weighted by Gasteiger charge is -2.27. The second-order valence-corrected chi connectivity index (χ2v) is 9.83. The van der Waals surface area contributed by atoms with Gasteiger partial charge >= 0.3 is 0 Å². The number of likely N-dealkylation sites (N-methyl/N-ethyl adjacent to an activating group) is 1. The highest BCUT2D eigenvalue weighted by molar-refractivity contribution is 5.96. The molecule has 206 valence electrons. The molecule has 1 amide bonds. The van der Waals surface area contributed by atoms with Crippen LogP contribution in [0.5, 0.6) is 5.75 Å². The Morgan fingerprint density at radius 2 is 2.08 bits per heavy atom. The van der Waals surface area contributed by atoms with Gasteiger partial charge in [-0.1, -0.05) is 6.07 Å². The number of pyridine rings is 1. The molecule has 0 spiro atoms. The maximum atomic E-state index is 13.6. The van der Waals surface area contributed by atoms with Gasteiger partial charge in [0.25, 0.3) is 0 Å². The summed E-state index contributed by atoms with van der Waals surface area (Å²) in [6.07, 6.45) is 7.29. The van der Waals surface area contributed by atoms with Crippen molar-refractivity contribution in [2.45, 2.75) is 57.8 Å². The number of amides is 1. The highest BCUT2D eigenvalue weighted by Gasteiger charge is 2.27. The first-order valence-electron chi connectivity index (χ1n) is 13.5. The van der Waals surface area contributed by atoms with Crippen molar-refractivity contribution in [2.24, 2.45) is 0 Å². The van der Waals surface area contributed by atoms with E-state index in [2.05, 4.69) is 10.3 Å². The third-order valence-corrected chi connectivity index (χ3v) is 7.05. The molecule has 0 saturated carbocycles. The highest BCUT2D eigenvalue weighted by Crippen LogP contribution is 2.32. The summed E-state index contributed by atoms with van der Waals surface area (Å²) in [6.45, 7) is 3.36. The standard InChI is InChI=1S/C29H34FN5O4/c1-19(29(36)32-21-8-5-7-20(30)17-21)35(2)28-23-9-6-10-24(23)33-27(34-28)25-18-22(12-13-31-25)37-15-16-39-26-11-3-4-14-38-26/h5,7-8,12-13,17-19,26H,3-4,6,9-11,14-16H2,1-2H3,(H,32,36)/t19-,26?/m1/s1. The Balaban J connectivity index is 1.29. The molecule has 0 bridgehead atoms. The van der Waals surface area contributed by atoms with Gasteiger partial charge in [0.05, 0.1) is 6.61 Å². The van der Waals surface area contributed by atoms with Crippen molar-refractivity contribution in [3.05, 3.63) is 59.7 Å². The van der Waals surface area contributed by atoms with E-state index >= 15 is 0 Å². The zero-order valence-electron chi connectivity index (χ0n) is 22.4. The second-order valence-electron chi connectivity index (χ2n) is 9.83. The zero-order valence-corrected chi connectivity index (χ0v) is 22.4. The Hall–Kier alpha value is -3.63. The summed E-state index contributed by atoms with van der Waals surface area (Å²) in [5.41, 5.74) is 3.01. The van der Waals surface area contributed by atoms with Crippen LogP contribution in [0.3, 0.4) is 0 Å². The van der Waals surface area contributed by atoms with Crippen molar-refractivity contribution in [3.63, 3.8) is 0 Å². The normalized spacial score (nSPS) is 17.4. The molecule has 1 unspecified atom stereocenters. The summed E-state index contributed by atoms with van der Waals surface area (Å²) in [4.78, 5) is 29.0. The molecule has 1 N–H and O–H groups in total. The lowest BCUT2D eigenvalue weighted by atomic mass is 10.1. The first-order chi connectivity index (χ1) is 19.0. The van der Waals surface area contributed by atoms with E-state index in [-0.39, 0.29) is 12.2 Å². The molecule has 1 fully saturated rings. The van der Waals surface area contributed by atoms with E-state index in [9.17, 15) is 9.18 Å². The van der Waals surface area contributed by atoms with Crippen LogP contribution in [0.25, 0.3) is 11.5 Å². The molecular formula is C29H34FN5O4. The number of aromatic nitrogens is 3. The van der Waals surface area contributed by atoms with Crippen LogP contribution in [0.15, 0.2) is 42.6 Å². The number of benzene rings is 1. The van der Waals surface area contributed by atoms with E-state index in [1.54, 1.807) is 31.3 Å². The SMILES string of the molecule is C[C@H](C(=O)Nc1cccc(F)c1)N(C)c1nc(-c2cc(OCCOC3CCCCO3)ccn2)nc2c1CCC2. The van der Waals surface area contributed by atoms with Crippen LogP contribution >= 0.6 is 0 Å². The summed E-state index contributed by atoms with van der Waals surface area (Å²) in [5, 5.41) is 2.79. The summed E-state index contributed by atoms with van der Waals surface area (Å²) in [6, 6.07) is 8.90. The van der Waals surface area contributed by atoms with Gasteiger partial charge in [0.2, 0.25) is 5.91 Å². The van der Waals surface area contributed by atoms with Crippen LogP contribution in [0.1, 0.15) is 43.9 Å². The number of carbonyl (C=O) groups excluding carboxylic acids is 1. The minimum atomic E-state index is -0.559. The smallest absolute Gasteiger partial charge is 0.246 e. The summed E-state index contributed by atoms with van der Waals surface area (Å²) < 4.78 is 30.8. The predicted molar refractivity (Wildman–Crippen MR) is 145 cm³/mol. The summed E-state index contributed by atoms with van der Waals surface area (Å²) >= 11 is 0. The molecule has 2 aromatic heterocycles. The number of carbonyl (C=O) groups is 1. The van der Waals surface area contributed by atoms with Crippen LogP contribution in [-0.2, 0) is 27.1 Å². The number of rotatable bonds is 10. The Morgan fingerprint density at radius 1 is 1.18 bits per heavy atom. The molecule has 1 aliphatic carbocycles. The van der Waals surface area contributed by atoms with Crippen LogP contribution in [0.2, 0.25) is 0 Å². The van der Waals surface area contributed by atoms with Gasteiger partial charge in [-0.2, -0.15) is 0 Å². The van der Waals surface area contributed by atoms with E-state index in [4.69, 9.17) is 24.2 Å². The number of fused-ring (bicyclic) bond motifs is 1. The van der Waals surface area contributed by atoms with E-state index < -0.39 is 11.9 Å². The molecule has 9 nitrogen and oxygen atoms in total. The molecule has 1 aliphatic heterocycles. The number of nitrogens with one attached hydrogen (secondary N) is 1. The molecule has 39 heavy (non-hydrogen) atoms. The van der Waals surface area contributed by atoms with E-state index in [1.807, 2.05) is 18.0 Å². The second kappa shape index (κ2) is 12.5. The topological polar surface area (TPSA) is 98.7 Å². The Morgan fingerprint density at radius 3 is 2.90 bits per heavy atom. The molecule has 3 aromatic rings. The van der Waals surface area contributed by atoms with Gasteiger partial charge in [-0.3, -0.25) is 9.78 Å². The van der Waals surface area contributed by atoms with Gasteiger partial charge in [0.15, 0.2) is 12.1 Å². The van der Waals surface area contributed by atoms with Crippen molar-refractivity contribution in [2.75, 3.05) is 37.1 Å². The van der Waals surface area contributed by atoms with Crippen LogP contribution in [-0.4, -0.2) is 60.1 Å². The fraction of sp³-hybridized carbons (Fsp3) is 0.448. The fourth-order valence-corrected chi connectivity index (χ4v) is 4.80. The van der Waals surface area contributed by atoms with Crippen LogP contribution in [0, 0.1) is 5.82 Å². The van der Waals surface area contributed by atoms with Crippen molar-refractivity contribution < 1.29 is 23.4 Å². The van der Waals surface area contributed by atoms with E-state index in [0.717, 1.165) is 56.4 Å². The van der Waals surface area contributed by atoms with Crippen LogP contribution in [0.4, 0.5) is 15.9 Å². The monoisotopic (exact) mass is 535 g/mol. The van der Waals surface area contributed by atoms with Crippen molar-refractivity contribution in [1.82, 2.24) is 15.0 Å². The summed E-state index contributed by atoms with van der Waals surface area (Å²) in [7, 11) is 1.84. The number of aryl methyl sites for hydroxylation is 1. The van der Waals surface area contributed by atoms with E-state index in [0.29, 0.717) is 42.0 Å². The van der Waals surface area contributed by atoms with Gasteiger partial charge < -0.3 is 24.4 Å². The molecule has 2 atom stereocenters. The highest BCUT2D eigenvalue weighted by atomic mass is 19.1. The molecular weight excluding hydrogens is 501 g/mol. The first kappa shape index (κ1) is 27.0. The number of nitrogens with zero attached hydrogens (tertiary/aromatic N) is 4. The average molecular weight is 536 g/mol. The van der Waals surface area contributed by atoms with Crippen molar-refractivity contribution in [1.29, 1.82) is 0 Å². The average Bonchev–Trinajstić information content (AvgIpc) is 3.44. The molecule has 1 aromatic carbocycles. The molecule has 5 rings (SSSR count). The predicted octanol–water partition coefficient (Wildman–Crippen LogP) is 4.55. The third kappa shape index (κ3) is 6.69. The van der Waals surface area contributed by atoms with E-state index in [1.165, 1.54) is 12.1 Å². The maximum absolute atomic E-state index is 13.6. The molecule has 0 radical (unpaired) electrons. The summed E-state index contributed by atoms with van der Waals surface area (Å²) in [5.74, 6) is 1.16. The molecule has 3 heterocycles. The number of anilines is 2. The minimum Gasteiger partial charge on any atom is -0.491 e. The van der Waals surface area contributed by atoms with Crippen LogP contribution < -0.4 is 15.0 Å². The zero-order chi connectivity index (χ0) is 27.2. The van der Waals surface area contributed by atoms with Gasteiger partial charge in [0, 0.05) is 42.9 Å². The Labute approximate surface area is 227 Å². The van der Waals surface area contributed by atoms with Gasteiger partial charge in [-0.25, -0.2) is 14.4 Å². The largest absolute Gasteiger partial charge is 0.491 e. The Bertz CT molecular complexity index is 1300. The lowest BCUT2D eigenvalue weighted by molar-refractivity contribution is -0.165. The lowest BCUT2D eigenvalue weighted by Crippen LogP contribution is -2.40. The fourth-order valence-electron chi connectivity index (χ4n) is 4.80. The molecule has 10 heteroatoms. The molecule has 2 aliphatic rings. The first-order valence-corrected chi connectivity index (χ1v) is 13.5. The minimum absolute atomic E-state index is 0.149. The molecule has 1 saturated heterocycles. The quantitative estimate of drug-likeness (QED) is 0.378. The Kier molecular flexibility index (Phi) is 8.63. The van der Waals surface area contributed by atoms with Gasteiger partial charge in [-0.15, -0.1) is 0 Å². The van der Waals surface area contributed by atoms with Crippen molar-refractivity contribution in [3.8, 4) is 17.3 Å². The number of halogens is 1. The maximum Gasteiger partial charge on any atom is 0.246 e. The third-order valence-electron chi connectivity index (χ3n) is 7.05.